The molecule has 0 aromatic rings. The maximum Gasteiger partial charge on any atom is 0.139 e. The Balaban J connectivity index is 2.67. The number of Topliss-reactive ketones (excluding diaryl/α,β-unsaturated/α-hetero) is 3. The monoisotopic (exact) mass is 224 g/mol. The van der Waals surface area contributed by atoms with Crippen LogP contribution < -0.4 is 0 Å². The lowest BCUT2D eigenvalue weighted by Crippen LogP contribution is -2.25. The van der Waals surface area contributed by atoms with E-state index >= 15 is 0 Å². The molecule has 1 rings (SSSR count). The second-order valence-corrected chi connectivity index (χ2v) is 4.89. The molecule has 0 radical (unpaired) electrons. The Morgan fingerprint density at radius 2 is 1.38 bits per heavy atom. The van der Waals surface area contributed by atoms with Crippen molar-refractivity contribution >= 4 is 17.3 Å². The van der Waals surface area contributed by atoms with Crippen molar-refractivity contribution in [3.8, 4) is 0 Å². The van der Waals surface area contributed by atoms with Gasteiger partial charge in [0.25, 0.3) is 0 Å². The minimum atomic E-state index is -0.135. The highest BCUT2D eigenvalue weighted by Crippen LogP contribution is 2.29. The molecule has 0 aromatic heterocycles. The Labute approximate surface area is 96.6 Å². The molecule has 0 spiro atoms. The molecule has 90 valence electrons. The lowest BCUT2D eigenvalue weighted by Gasteiger charge is -2.16. The van der Waals surface area contributed by atoms with Crippen molar-refractivity contribution in [1.82, 2.24) is 0 Å². The number of rotatable bonds is 4. The van der Waals surface area contributed by atoms with E-state index in [2.05, 4.69) is 0 Å². The fourth-order valence-electron chi connectivity index (χ4n) is 2.50. The van der Waals surface area contributed by atoms with E-state index in [1.165, 1.54) is 13.8 Å². The summed E-state index contributed by atoms with van der Waals surface area (Å²) >= 11 is 0. The van der Waals surface area contributed by atoms with Crippen molar-refractivity contribution in [3.63, 3.8) is 0 Å². The first kappa shape index (κ1) is 13.1. The standard InChI is InChI=1S/C13H20O3/c1-9(14)7-11-5-3-4-6-12(13(11)16)8-10(2)15/h11-12H,3-8H2,1-2H3/t11-,12-/m1/s1. The molecule has 0 saturated heterocycles. The van der Waals surface area contributed by atoms with E-state index in [0.29, 0.717) is 12.8 Å². The zero-order valence-corrected chi connectivity index (χ0v) is 10.1. The van der Waals surface area contributed by atoms with Crippen LogP contribution in [0.2, 0.25) is 0 Å². The van der Waals surface area contributed by atoms with Gasteiger partial charge in [-0.1, -0.05) is 12.8 Å². The fraction of sp³-hybridized carbons (Fsp3) is 0.769. The van der Waals surface area contributed by atoms with Gasteiger partial charge in [-0.3, -0.25) is 4.79 Å². The summed E-state index contributed by atoms with van der Waals surface area (Å²) in [5, 5.41) is 0. The summed E-state index contributed by atoms with van der Waals surface area (Å²) in [6, 6.07) is 0. The first-order valence-electron chi connectivity index (χ1n) is 6.03. The molecule has 1 aliphatic carbocycles. The lowest BCUT2D eigenvalue weighted by molar-refractivity contribution is -0.132. The smallest absolute Gasteiger partial charge is 0.139 e. The van der Waals surface area contributed by atoms with E-state index < -0.39 is 0 Å². The van der Waals surface area contributed by atoms with E-state index in [0.717, 1.165) is 25.7 Å². The Kier molecular flexibility index (Phi) is 4.84. The van der Waals surface area contributed by atoms with E-state index in [1.807, 2.05) is 0 Å². The molecule has 3 nitrogen and oxygen atoms in total. The van der Waals surface area contributed by atoms with E-state index in [4.69, 9.17) is 0 Å². The number of hydrogen-bond donors (Lipinski definition) is 0. The molecular formula is C13H20O3. The van der Waals surface area contributed by atoms with Crippen LogP contribution in [0.15, 0.2) is 0 Å². The number of hydrogen-bond acceptors (Lipinski definition) is 3. The summed E-state index contributed by atoms with van der Waals surface area (Å²) in [5.74, 6) is 0.0141. The van der Waals surface area contributed by atoms with Crippen molar-refractivity contribution < 1.29 is 14.4 Å². The van der Waals surface area contributed by atoms with Gasteiger partial charge < -0.3 is 9.59 Å². The van der Waals surface area contributed by atoms with Crippen LogP contribution in [-0.2, 0) is 14.4 Å². The van der Waals surface area contributed by atoms with Crippen molar-refractivity contribution in [1.29, 1.82) is 0 Å². The molecule has 1 saturated carbocycles. The van der Waals surface area contributed by atoms with Crippen LogP contribution in [0.5, 0.6) is 0 Å². The molecule has 1 aliphatic rings. The molecular weight excluding hydrogens is 204 g/mol. The summed E-state index contributed by atoms with van der Waals surface area (Å²) in [6.45, 7) is 3.05. The summed E-state index contributed by atoms with van der Waals surface area (Å²) in [4.78, 5) is 34.3. The average Bonchev–Trinajstić information content (AvgIpc) is 2.31. The van der Waals surface area contributed by atoms with Gasteiger partial charge in [0.2, 0.25) is 0 Å². The topological polar surface area (TPSA) is 51.2 Å². The Morgan fingerprint density at radius 1 is 1.00 bits per heavy atom. The Morgan fingerprint density at radius 3 is 1.69 bits per heavy atom. The van der Waals surface area contributed by atoms with Crippen LogP contribution >= 0.6 is 0 Å². The number of ketones is 3. The van der Waals surface area contributed by atoms with E-state index in [1.54, 1.807) is 0 Å². The van der Waals surface area contributed by atoms with E-state index in [-0.39, 0.29) is 29.2 Å². The third-order valence-electron chi connectivity index (χ3n) is 3.23. The molecule has 3 heteroatoms. The predicted molar refractivity (Wildman–Crippen MR) is 61.1 cm³/mol. The molecule has 0 heterocycles. The zero-order chi connectivity index (χ0) is 12.1. The lowest BCUT2D eigenvalue weighted by atomic mass is 9.85. The molecule has 0 bridgehead atoms. The predicted octanol–water partition coefficient (Wildman–Crippen LogP) is 2.32. The van der Waals surface area contributed by atoms with Gasteiger partial charge >= 0.3 is 0 Å². The molecule has 16 heavy (non-hydrogen) atoms. The Bertz CT molecular complexity index is 266. The van der Waals surface area contributed by atoms with Gasteiger partial charge in [0.15, 0.2) is 0 Å². The van der Waals surface area contributed by atoms with Gasteiger partial charge in [-0.25, -0.2) is 0 Å². The van der Waals surface area contributed by atoms with Crippen molar-refractivity contribution in [2.75, 3.05) is 0 Å². The van der Waals surface area contributed by atoms with Crippen molar-refractivity contribution in [2.24, 2.45) is 11.8 Å². The first-order chi connectivity index (χ1) is 7.50. The van der Waals surface area contributed by atoms with Gasteiger partial charge in [-0.05, 0) is 26.7 Å². The van der Waals surface area contributed by atoms with Crippen LogP contribution in [0.4, 0.5) is 0 Å². The molecule has 0 unspecified atom stereocenters. The fourth-order valence-corrected chi connectivity index (χ4v) is 2.50. The normalized spacial score (nSPS) is 26.2. The highest BCUT2D eigenvalue weighted by Gasteiger charge is 2.30. The van der Waals surface area contributed by atoms with Gasteiger partial charge in [0.1, 0.15) is 17.3 Å². The van der Waals surface area contributed by atoms with Gasteiger partial charge in [0.05, 0.1) is 0 Å². The van der Waals surface area contributed by atoms with Gasteiger partial charge in [-0.15, -0.1) is 0 Å². The molecule has 2 atom stereocenters. The minimum Gasteiger partial charge on any atom is -0.300 e. The maximum absolute atomic E-state index is 12.1. The van der Waals surface area contributed by atoms with Crippen LogP contribution in [0.1, 0.15) is 52.4 Å². The molecule has 0 N–H and O–H groups in total. The quantitative estimate of drug-likeness (QED) is 0.688. The van der Waals surface area contributed by atoms with Crippen LogP contribution in [0, 0.1) is 11.8 Å². The third kappa shape index (κ3) is 3.87. The van der Waals surface area contributed by atoms with Crippen LogP contribution in [0.25, 0.3) is 0 Å². The summed E-state index contributed by atoms with van der Waals surface area (Å²) in [7, 11) is 0. The zero-order valence-electron chi connectivity index (χ0n) is 10.1. The third-order valence-corrected chi connectivity index (χ3v) is 3.23. The summed E-state index contributed by atoms with van der Waals surface area (Å²) in [6.07, 6.45) is 4.33. The maximum atomic E-state index is 12.1. The summed E-state index contributed by atoms with van der Waals surface area (Å²) < 4.78 is 0. The number of carbonyl (C=O) groups is 3. The molecule has 0 aliphatic heterocycles. The minimum absolute atomic E-state index is 0.0711. The second-order valence-electron chi connectivity index (χ2n) is 4.89. The molecule has 0 aromatic carbocycles. The average molecular weight is 224 g/mol. The van der Waals surface area contributed by atoms with Gasteiger partial charge in [-0.2, -0.15) is 0 Å². The number of carbonyl (C=O) groups excluding carboxylic acids is 3. The molecule has 1 fully saturated rings. The second kappa shape index (κ2) is 5.92. The largest absolute Gasteiger partial charge is 0.300 e. The van der Waals surface area contributed by atoms with E-state index in [9.17, 15) is 14.4 Å². The molecule has 0 amide bonds. The van der Waals surface area contributed by atoms with Crippen LogP contribution in [0.3, 0.4) is 0 Å². The summed E-state index contributed by atoms with van der Waals surface area (Å²) in [5.41, 5.74) is 0. The van der Waals surface area contributed by atoms with Gasteiger partial charge in [0, 0.05) is 24.7 Å². The first-order valence-corrected chi connectivity index (χ1v) is 6.03. The highest BCUT2D eigenvalue weighted by molar-refractivity contribution is 5.91. The Hall–Kier alpha value is -0.990. The highest BCUT2D eigenvalue weighted by atomic mass is 16.1. The van der Waals surface area contributed by atoms with Crippen molar-refractivity contribution in [3.05, 3.63) is 0 Å². The SMILES string of the molecule is CC(=O)C[C@H]1CCCC[C@H](CC(C)=O)C1=O. The van der Waals surface area contributed by atoms with Crippen molar-refractivity contribution in [2.45, 2.75) is 52.4 Å². The van der Waals surface area contributed by atoms with Crippen LogP contribution in [-0.4, -0.2) is 17.3 Å².